The van der Waals surface area contributed by atoms with E-state index in [1.54, 1.807) is 6.07 Å². The second-order valence-corrected chi connectivity index (χ2v) is 2.33. The normalized spacial score (nSPS) is 9.92. The third kappa shape index (κ3) is 1.71. The molecule has 4 heteroatoms. The molecule has 0 saturated heterocycles. The third-order valence-corrected chi connectivity index (χ3v) is 1.54. The van der Waals surface area contributed by atoms with E-state index in [9.17, 15) is 4.39 Å². The quantitative estimate of drug-likeness (QED) is 0.727. The van der Waals surface area contributed by atoms with E-state index in [-0.39, 0.29) is 5.88 Å². The average molecular weight is 170 g/mol. The molecule has 3 nitrogen and oxygen atoms in total. The fourth-order valence-electron chi connectivity index (χ4n) is 0.953. The van der Waals surface area contributed by atoms with Gasteiger partial charge in [-0.15, -0.1) is 0 Å². The van der Waals surface area contributed by atoms with Gasteiger partial charge in [0.1, 0.15) is 0 Å². The van der Waals surface area contributed by atoms with E-state index in [0.717, 1.165) is 0 Å². The van der Waals surface area contributed by atoms with Crippen molar-refractivity contribution in [3.05, 3.63) is 23.6 Å². The number of pyridine rings is 1. The van der Waals surface area contributed by atoms with E-state index in [4.69, 9.17) is 10.5 Å². The minimum atomic E-state index is -0.412. The first kappa shape index (κ1) is 8.93. The molecular weight excluding hydrogens is 159 g/mol. The Kier molecular flexibility index (Phi) is 2.99. The first-order chi connectivity index (χ1) is 5.79. The van der Waals surface area contributed by atoms with Crippen LogP contribution in [0, 0.1) is 5.82 Å². The van der Waals surface area contributed by atoms with E-state index in [0.29, 0.717) is 18.5 Å². The fourth-order valence-corrected chi connectivity index (χ4v) is 0.953. The highest BCUT2D eigenvalue weighted by Gasteiger charge is 2.07. The second-order valence-electron chi connectivity index (χ2n) is 2.33. The Balaban J connectivity index is 2.97. The Morgan fingerprint density at radius 2 is 2.42 bits per heavy atom. The molecule has 0 spiro atoms. The van der Waals surface area contributed by atoms with Crippen molar-refractivity contribution in [1.82, 2.24) is 4.98 Å². The van der Waals surface area contributed by atoms with Crippen LogP contribution in [-0.2, 0) is 6.42 Å². The van der Waals surface area contributed by atoms with Crippen LogP contribution in [0.5, 0.6) is 5.88 Å². The number of hydrogen-bond acceptors (Lipinski definition) is 3. The maximum absolute atomic E-state index is 13.2. The minimum Gasteiger partial charge on any atom is -0.479 e. The Morgan fingerprint density at radius 3 is 3.00 bits per heavy atom. The van der Waals surface area contributed by atoms with Crippen molar-refractivity contribution < 1.29 is 9.13 Å². The van der Waals surface area contributed by atoms with Crippen LogP contribution in [0.4, 0.5) is 4.39 Å². The van der Waals surface area contributed by atoms with Crippen molar-refractivity contribution in [1.29, 1.82) is 0 Å². The van der Waals surface area contributed by atoms with Gasteiger partial charge in [-0.3, -0.25) is 0 Å². The monoisotopic (exact) mass is 170 g/mol. The predicted octanol–water partition coefficient (Wildman–Crippen LogP) is 0.731. The van der Waals surface area contributed by atoms with E-state index in [1.807, 2.05) is 0 Å². The van der Waals surface area contributed by atoms with Crippen LogP contribution in [0.2, 0.25) is 0 Å². The van der Waals surface area contributed by atoms with E-state index in [1.165, 1.54) is 13.3 Å². The number of halogens is 1. The van der Waals surface area contributed by atoms with Crippen molar-refractivity contribution in [2.24, 2.45) is 5.73 Å². The van der Waals surface area contributed by atoms with Gasteiger partial charge < -0.3 is 10.5 Å². The van der Waals surface area contributed by atoms with Crippen molar-refractivity contribution in [3.8, 4) is 5.88 Å². The lowest BCUT2D eigenvalue weighted by Gasteiger charge is -2.04. The smallest absolute Gasteiger partial charge is 0.250 e. The molecule has 2 N–H and O–H groups in total. The van der Waals surface area contributed by atoms with E-state index >= 15 is 0 Å². The molecule has 0 fully saturated rings. The van der Waals surface area contributed by atoms with Crippen LogP contribution in [0.25, 0.3) is 0 Å². The van der Waals surface area contributed by atoms with Gasteiger partial charge in [0, 0.05) is 6.20 Å². The molecule has 0 radical (unpaired) electrons. The molecule has 0 saturated carbocycles. The molecule has 0 bridgehead atoms. The zero-order chi connectivity index (χ0) is 8.97. The first-order valence-electron chi connectivity index (χ1n) is 3.67. The number of aromatic nitrogens is 1. The molecule has 0 aliphatic rings. The molecule has 1 aromatic rings. The highest BCUT2D eigenvalue weighted by molar-refractivity contribution is 5.23. The molecule has 1 heterocycles. The van der Waals surface area contributed by atoms with Crippen LogP contribution in [0.1, 0.15) is 5.56 Å². The molecule has 0 amide bonds. The fraction of sp³-hybridized carbons (Fsp3) is 0.375. The topological polar surface area (TPSA) is 48.1 Å². The largest absolute Gasteiger partial charge is 0.479 e. The van der Waals surface area contributed by atoms with E-state index < -0.39 is 5.82 Å². The van der Waals surface area contributed by atoms with Gasteiger partial charge in [-0.25, -0.2) is 9.37 Å². The molecule has 0 unspecified atom stereocenters. The Morgan fingerprint density at radius 1 is 1.67 bits per heavy atom. The molecule has 66 valence electrons. The Labute approximate surface area is 70.4 Å². The summed E-state index contributed by atoms with van der Waals surface area (Å²) in [6.45, 7) is 0.421. The molecule has 0 aliphatic carbocycles. The third-order valence-electron chi connectivity index (χ3n) is 1.54. The SMILES string of the molecule is COc1nccc(CCN)c1F. The van der Waals surface area contributed by atoms with Gasteiger partial charge in [-0.1, -0.05) is 0 Å². The summed E-state index contributed by atoms with van der Waals surface area (Å²) in [6.07, 6.45) is 2.01. The van der Waals surface area contributed by atoms with Gasteiger partial charge in [0.05, 0.1) is 7.11 Å². The summed E-state index contributed by atoms with van der Waals surface area (Å²) >= 11 is 0. The number of rotatable bonds is 3. The van der Waals surface area contributed by atoms with Crippen molar-refractivity contribution in [2.75, 3.05) is 13.7 Å². The average Bonchev–Trinajstić information content (AvgIpc) is 2.09. The highest BCUT2D eigenvalue weighted by Crippen LogP contribution is 2.16. The van der Waals surface area contributed by atoms with Gasteiger partial charge in [0.15, 0.2) is 5.82 Å². The summed E-state index contributed by atoms with van der Waals surface area (Å²) in [5.74, 6) is -0.383. The Hall–Kier alpha value is -1.16. The molecular formula is C8H11FN2O. The van der Waals surface area contributed by atoms with Crippen molar-refractivity contribution in [3.63, 3.8) is 0 Å². The first-order valence-corrected chi connectivity index (χ1v) is 3.67. The summed E-state index contributed by atoms with van der Waals surface area (Å²) in [6, 6.07) is 1.60. The van der Waals surface area contributed by atoms with Crippen LogP contribution in [0.3, 0.4) is 0 Å². The molecule has 0 aliphatic heterocycles. The number of nitrogens with two attached hydrogens (primary N) is 1. The lowest BCUT2D eigenvalue weighted by atomic mass is 10.2. The van der Waals surface area contributed by atoms with Crippen molar-refractivity contribution >= 4 is 0 Å². The molecule has 1 rings (SSSR count). The lowest BCUT2D eigenvalue weighted by molar-refractivity contribution is 0.367. The summed E-state index contributed by atoms with van der Waals surface area (Å²) in [5.41, 5.74) is 5.84. The molecule has 12 heavy (non-hydrogen) atoms. The van der Waals surface area contributed by atoms with Crippen LogP contribution < -0.4 is 10.5 Å². The zero-order valence-corrected chi connectivity index (χ0v) is 6.88. The number of methoxy groups -OCH3 is 1. The molecule has 0 atom stereocenters. The minimum absolute atomic E-state index is 0.0287. The van der Waals surface area contributed by atoms with Crippen LogP contribution >= 0.6 is 0 Å². The zero-order valence-electron chi connectivity index (χ0n) is 6.88. The van der Waals surface area contributed by atoms with Crippen LogP contribution in [-0.4, -0.2) is 18.6 Å². The highest BCUT2D eigenvalue weighted by atomic mass is 19.1. The van der Waals surface area contributed by atoms with Gasteiger partial charge in [0.25, 0.3) is 0 Å². The Bertz CT molecular complexity index is 265. The number of hydrogen-bond donors (Lipinski definition) is 1. The standard InChI is InChI=1S/C8H11FN2O/c1-12-8-7(9)6(2-4-10)3-5-11-8/h3,5H,2,4,10H2,1H3. The van der Waals surface area contributed by atoms with Gasteiger partial charge in [0.2, 0.25) is 5.88 Å². The summed E-state index contributed by atoms with van der Waals surface area (Å²) in [7, 11) is 1.39. The second kappa shape index (κ2) is 4.01. The van der Waals surface area contributed by atoms with Crippen molar-refractivity contribution in [2.45, 2.75) is 6.42 Å². The molecule has 0 aromatic carbocycles. The molecule has 1 aromatic heterocycles. The number of ether oxygens (including phenoxy) is 1. The van der Waals surface area contributed by atoms with Gasteiger partial charge >= 0.3 is 0 Å². The summed E-state index contributed by atoms with van der Waals surface area (Å²) in [4.78, 5) is 3.70. The summed E-state index contributed by atoms with van der Waals surface area (Å²) in [5, 5.41) is 0. The maximum Gasteiger partial charge on any atom is 0.250 e. The maximum atomic E-state index is 13.2. The predicted molar refractivity (Wildman–Crippen MR) is 43.5 cm³/mol. The van der Waals surface area contributed by atoms with Gasteiger partial charge in [-0.05, 0) is 24.6 Å². The lowest BCUT2D eigenvalue weighted by Crippen LogP contribution is -2.05. The van der Waals surface area contributed by atoms with Crippen LogP contribution in [0.15, 0.2) is 12.3 Å². The number of nitrogens with zero attached hydrogens (tertiary/aromatic N) is 1. The summed E-state index contributed by atoms with van der Waals surface area (Å²) < 4.78 is 17.9. The van der Waals surface area contributed by atoms with E-state index in [2.05, 4.69) is 4.98 Å². The van der Waals surface area contributed by atoms with Gasteiger partial charge in [-0.2, -0.15) is 0 Å².